The molecule has 1 unspecified atom stereocenters. The highest BCUT2D eigenvalue weighted by Gasteiger charge is 2.34. The van der Waals surface area contributed by atoms with Crippen molar-refractivity contribution in [3.63, 3.8) is 0 Å². The molecule has 28 heavy (non-hydrogen) atoms. The van der Waals surface area contributed by atoms with Gasteiger partial charge in [0.2, 0.25) is 9.04 Å². The molecule has 1 aliphatic rings. The van der Waals surface area contributed by atoms with Crippen LogP contribution in [-0.2, 0) is 4.43 Å². The van der Waals surface area contributed by atoms with Crippen LogP contribution in [0.5, 0.6) is 0 Å². The fourth-order valence-corrected chi connectivity index (χ4v) is 7.61. The zero-order valence-corrected chi connectivity index (χ0v) is 18.5. The first-order valence-corrected chi connectivity index (χ1v) is 12.4. The van der Waals surface area contributed by atoms with E-state index in [1.54, 1.807) is 0 Å². The number of hydrogen-bond donors (Lipinski definition) is 0. The monoisotopic (exact) mass is 388 g/mol. The summed E-state index contributed by atoms with van der Waals surface area (Å²) in [6.07, 6.45) is 4.22. The molecule has 1 nitrogen and oxygen atoms in total. The van der Waals surface area contributed by atoms with E-state index in [2.05, 4.69) is 93.6 Å². The highest BCUT2D eigenvalue weighted by Crippen LogP contribution is 2.35. The van der Waals surface area contributed by atoms with E-state index in [9.17, 15) is 0 Å². The second-order valence-corrected chi connectivity index (χ2v) is 11.2. The first kappa shape index (κ1) is 19.4. The zero-order valence-electron chi connectivity index (χ0n) is 17.3. The number of benzene rings is 3. The van der Waals surface area contributed by atoms with Gasteiger partial charge in [-0.2, -0.15) is 0 Å². The van der Waals surface area contributed by atoms with Crippen LogP contribution in [0.1, 0.15) is 40.0 Å². The maximum atomic E-state index is 7.15. The molecule has 1 aliphatic carbocycles. The third kappa shape index (κ3) is 4.08. The molecule has 4 atom stereocenters. The summed E-state index contributed by atoms with van der Waals surface area (Å²) >= 11 is 0. The predicted octanol–water partition coefficient (Wildman–Crippen LogP) is 5.16. The minimum Gasteiger partial charge on any atom is -0.408 e. The minimum atomic E-state index is -1.78. The van der Waals surface area contributed by atoms with Crippen LogP contribution >= 0.6 is 0 Å². The largest absolute Gasteiger partial charge is 0.408 e. The normalized spacial score (nSPS) is 23.8. The summed E-state index contributed by atoms with van der Waals surface area (Å²) in [5.41, 5.74) is 0. The van der Waals surface area contributed by atoms with E-state index in [-0.39, 0.29) is 0 Å². The van der Waals surface area contributed by atoms with Crippen LogP contribution in [0, 0.1) is 17.8 Å². The minimum absolute atomic E-state index is 0.375. The Morgan fingerprint density at radius 3 is 2.36 bits per heavy atom. The molecule has 0 spiro atoms. The van der Waals surface area contributed by atoms with Gasteiger partial charge in [-0.3, -0.25) is 0 Å². The molecule has 0 aromatic heterocycles. The van der Waals surface area contributed by atoms with Gasteiger partial charge in [-0.25, -0.2) is 0 Å². The van der Waals surface area contributed by atoms with E-state index in [4.69, 9.17) is 4.43 Å². The number of fused-ring (bicyclic) bond motifs is 1. The van der Waals surface area contributed by atoms with Crippen LogP contribution in [0.4, 0.5) is 0 Å². The molecule has 0 radical (unpaired) electrons. The van der Waals surface area contributed by atoms with Gasteiger partial charge in [0.15, 0.2) is 0 Å². The van der Waals surface area contributed by atoms with Crippen LogP contribution in [-0.4, -0.2) is 15.1 Å². The van der Waals surface area contributed by atoms with E-state index < -0.39 is 9.04 Å². The van der Waals surface area contributed by atoms with Crippen molar-refractivity contribution in [3.8, 4) is 0 Å². The van der Waals surface area contributed by atoms with E-state index in [0.29, 0.717) is 17.9 Å². The van der Waals surface area contributed by atoms with Gasteiger partial charge >= 0.3 is 0 Å². The fraction of sp³-hybridized carbons (Fsp3) is 0.385. The average Bonchev–Trinajstić information content (AvgIpc) is 2.72. The van der Waals surface area contributed by atoms with Crippen LogP contribution in [0.3, 0.4) is 0 Å². The summed E-state index contributed by atoms with van der Waals surface area (Å²) in [7, 11) is -1.78. The Kier molecular flexibility index (Phi) is 5.98. The number of hydrogen-bond acceptors (Lipinski definition) is 1. The Morgan fingerprint density at radius 1 is 0.857 bits per heavy atom. The van der Waals surface area contributed by atoms with Gasteiger partial charge in [-0.1, -0.05) is 100.0 Å². The summed E-state index contributed by atoms with van der Waals surface area (Å²) in [6.45, 7) is 7.13. The third-order valence-corrected chi connectivity index (χ3v) is 9.16. The van der Waals surface area contributed by atoms with E-state index in [0.717, 1.165) is 5.92 Å². The van der Waals surface area contributed by atoms with Crippen molar-refractivity contribution >= 4 is 30.2 Å². The van der Waals surface area contributed by atoms with Gasteiger partial charge in [-0.05, 0) is 51.7 Å². The fourth-order valence-electron chi connectivity index (χ4n) is 4.88. The van der Waals surface area contributed by atoms with Crippen molar-refractivity contribution in [2.45, 2.75) is 46.1 Å². The number of rotatable bonds is 5. The first-order valence-electron chi connectivity index (χ1n) is 10.8. The van der Waals surface area contributed by atoms with E-state index in [1.807, 2.05) is 0 Å². The maximum absolute atomic E-state index is 7.15. The topological polar surface area (TPSA) is 9.23 Å². The van der Waals surface area contributed by atoms with E-state index >= 15 is 0 Å². The molecule has 0 heterocycles. The Morgan fingerprint density at radius 2 is 1.57 bits per heavy atom. The Balaban J connectivity index is 1.76. The van der Waals surface area contributed by atoms with Crippen molar-refractivity contribution in [2.75, 3.05) is 0 Å². The standard InChI is InChI=1S/C26H32OSi/c1-19(2)23-17-16-20(3)18-25(23)27-28(22-12-5-4-6-13-22)26-15-9-11-21-10-7-8-14-24(21)26/h4-15,19-20,23,25,28H,16-18H2,1-3H3/t20-,23+,25-,28?/m1/s1. The summed E-state index contributed by atoms with van der Waals surface area (Å²) < 4.78 is 7.15. The average molecular weight is 389 g/mol. The zero-order chi connectivity index (χ0) is 19.5. The molecule has 4 rings (SSSR count). The third-order valence-electron chi connectivity index (χ3n) is 6.48. The van der Waals surface area contributed by atoms with E-state index in [1.165, 1.54) is 40.4 Å². The van der Waals surface area contributed by atoms with Gasteiger partial charge < -0.3 is 4.43 Å². The molecule has 0 bridgehead atoms. The molecule has 0 amide bonds. The molecule has 0 aliphatic heterocycles. The van der Waals surface area contributed by atoms with Crippen molar-refractivity contribution < 1.29 is 4.43 Å². The van der Waals surface area contributed by atoms with Gasteiger partial charge in [0.1, 0.15) is 0 Å². The molecule has 2 heteroatoms. The summed E-state index contributed by atoms with van der Waals surface area (Å²) in [5.74, 6) is 2.11. The maximum Gasteiger partial charge on any atom is 0.240 e. The van der Waals surface area contributed by atoms with Gasteiger partial charge in [-0.15, -0.1) is 0 Å². The van der Waals surface area contributed by atoms with Gasteiger partial charge in [0.05, 0.1) is 0 Å². The first-order chi connectivity index (χ1) is 13.6. The quantitative estimate of drug-likeness (QED) is 0.549. The highest BCUT2D eigenvalue weighted by atomic mass is 28.3. The predicted molar refractivity (Wildman–Crippen MR) is 123 cm³/mol. The van der Waals surface area contributed by atoms with Gasteiger partial charge in [0, 0.05) is 6.10 Å². The molecule has 0 saturated heterocycles. The SMILES string of the molecule is CC(C)[C@@H]1CC[C@@H](C)C[C@H]1O[SiH](c1ccccc1)c1cccc2ccccc12. The van der Waals surface area contributed by atoms with Crippen molar-refractivity contribution in [2.24, 2.45) is 17.8 Å². The Labute approximate surface area is 171 Å². The Bertz CT molecular complexity index is 899. The lowest BCUT2D eigenvalue weighted by Gasteiger charge is -2.39. The molecule has 146 valence electrons. The summed E-state index contributed by atoms with van der Waals surface area (Å²) in [5, 5.41) is 5.48. The highest BCUT2D eigenvalue weighted by molar-refractivity contribution is 6.82. The van der Waals surface area contributed by atoms with Crippen LogP contribution in [0.2, 0.25) is 0 Å². The summed E-state index contributed by atoms with van der Waals surface area (Å²) in [4.78, 5) is 0. The molecule has 0 N–H and O–H groups in total. The van der Waals surface area contributed by atoms with Crippen molar-refractivity contribution in [1.82, 2.24) is 0 Å². The van der Waals surface area contributed by atoms with Crippen molar-refractivity contribution in [1.29, 1.82) is 0 Å². The molecule has 1 fully saturated rings. The van der Waals surface area contributed by atoms with Crippen LogP contribution < -0.4 is 10.4 Å². The smallest absolute Gasteiger partial charge is 0.240 e. The Hall–Kier alpha value is -1.90. The molecular formula is C26H32OSi. The molecule has 3 aromatic carbocycles. The molecule has 1 saturated carbocycles. The van der Waals surface area contributed by atoms with Crippen LogP contribution in [0.15, 0.2) is 72.8 Å². The summed E-state index contributed by atoms with van der Waals surface area (Å²) in [6, 6.07) is 26.5. The second-order valence-electron chi connectivity index (χ2n) is 8.86. The lowest BCUT2D eigenvalue weighted by molar-refractivity contribution is 0.0475. The van der Waals surface area contributed by atoms with Crippen LogP contribution in [0.25, 0.3) is 10.8 Å². The molecule has 3 aromatic rings. The lowest BCUT2D eigenvalue weighted by Crippen LogP contribution is -2.50. The van der Waals surface area contributed by atoms with Gasteiger partial charge in [0.25, 0.3) is 0 Å². The second kappa shape index (κ2) is 8.63. The lowest BCUT2D eigenvalue weighted by atomic mass is 9.75. The molecular weight excluding hydrogens is 356 g/mol. The van der Waals surface area contributed by atoms with Crippen molar-refractivity contribution in [3.05, 3.63) is 72.8 Å².